The fraction of sp³-hybridized carbons (Fsp3) is 0.292. The Morgan fingerprint density at radius 3 is 2.62 bits per heavy atom. The predicted octanol–water partition coefficient (Wildman–Crippen LogP) is 4.51. The number of carbonyl (C=O) groups is 1. The van der Waals surface area contributed by atoms with Crippen LogP contribution >= 0.6 is 23.4 Å². The van der Waals surface area contributed by atoms with E-state index in [9.17, 15) is 9.59 Å². The van der Waals surface area contributed by atoms with Gasteiger partial charge in [0.15, 0.2) is 11.0 Å². The van der Waals surface area contributed by atoms with Crippen LogP contribution < -0.4 is 10.9 Å². The summed E-state index contributed by atoms with van der Waals surface area (Å²) in [5.74, 6) is 1.79. The van der Waals surface area contributed by atoms with Crippen LogP contribution in [0.15, 0.2) is 58.5 Å². The minimum atomic E-state index is -0.311. The van der Waals surface area contributed by atoms with Crippen LogP contribution in [0.4, 0.5) is 0 Å². The lowest BCUT2D eigenvalue weighted by molar-refractivity contribution is 0.0929. The first-order valence-electron chi connectivity index (χ1n) is 10.9. The van der Waals surface area contributed by atoms with E-state index in [0.717, 1.165) is 0 Å². The molecule has 176 valence electrons. The number of carbonyl (C=O) groups excluding carboxylic acids is 1. The van der Waals surface area contributed by atoms with Gasteiger partial charge in [0.05, 0.1) is 22.7 Å². The second kappa shape index (κ2) is 10.4. The Labute approximate surface area is 206 Å². The first-order chi connectivity index (χ1) is 16.3. The number of rotatable bonds is 8. The summed E-state index contributed by atoms with van der Waals surface area (Å²) in [7, 11) is 1.87. The quantitative estimate of drug-likeness (QED) is 0.347. The molecular formula is C24H25ClN6O2S. The van der Waals surface area contributed by atoms with E-state index < -0.39 is 0 Å². The summed E-state index contributed by atoms with van der Waals surface area (Å²) in [6, 6.07) is 13.7. The van der Waals surface area contributed by atoms with Crippen LogP contribution in [-0.4, -0.2) is 30.6 Å². The molecule has 4 aromatic rings. The van der Waals surface area contributed by atoms with Gasteiger partial charge in [0.1, 0.15) is 5.82 Å². The van der Waals surface area contributed by atoms with E-state index >= 15 is 0 Å². The average Bonchev–Trinajstić information content (AvgIpc) is 3.17. The molecule has 2 heterocycles. The third-order valence-electron chi connectivity index (χ3n) is 5.30. The van der Waals surface area contributed by atoms with Gasteiger partial charge < -0.3 is 14.9 Å². The van der Waals surface area contributed by atoms with Gasteiger partial charge in [-0.05, 0) is 48.7 Å². The highest BCUT2D eigenvalue weighted by molar-refractivity contribution is 7.98. The number of H-pyrrole nitrogens is 1. The maximum Gasteiger partial charge on any atom is 0.258 e. The number of nitrogens with one attached hydrogen (secondary N) is 2. The van der Waals surface area contributed by atoms with Crippen molar-refractivity contribution >= 4 is 40.2 Å². The fourth-order valence-corrected chi connectivity index (χ4v) is 4.55. The van der Waals surface area contributed by atoms with Gasteiger partial charge in [-0.2, -0.15) is 0 Å². The lowest BCUT2D eigenvalue weighted by Crippen LogP contribution is -2.31. The number of nitrogens with zero attached hydrogens (tertiary/aromatic N) is 4. The molecule has 34 heavy (non-hydrogen) atoms. The second-order valence-corrected chi connectivity index (χ2v) is 9.76. The molecule has 10 heteroatoms. The van der Waals surface area contributed by atoms with Crippen molar-refractivity contribution < 1.29 is 4.79 Å². The summed E-state index contributed by atoms with van der Waals surface area (Å²) >= 11 is 7.36. The third-order valence-corrected chi connectivity index (χ3v) is 6.58. The molecule has 0 aliphatic heterocycles. The Kier molecular flexibility index (Phi) is 7.33. The first kappa shape index (κ1) is 24.0. The number of hydrogen-bond donors (Lipinski definition) is 2. The number of thioether (sulfide) groups is 1. The highest BCUT2D eigenvalue weighted by atomic mass is 35.5. The standard InChI is InChI=1S/C24H25ClN6O2S/c1-14(2)12-19(27-22(32)15-8-10-16(25)11-9-15)21-29-30-24(31(21)3)34-13-20-26-18-7-5-4-6-17(18)23(33)28-20/h4-11,14,19H,12-13H2,1-3H3,(H,27,32)(H,26,28,33)/t19-/m1/s1. The highest BCUT2D eigenvalue weighted by Crippen LogP contribution is 2.25. The second-order valence-electron chi connectivity index (χ2n) is 8.38. The molecule has 2 aromatic carbocycles. The van der Waals surface area contributed by atoms with Crippen LogP contribution in [0.5, 0.6) is 0 Å². The number of halogens is 1. The molecule has 0 radical (unpaired) electrons. The smallest absolute Gasteiger partial charge is 0.258 e. The van der Waals surface area contributed by atoms with Crippen LogP contribution in [-0.2, 0) is 12.8 Å². The lowest BCUT2D eigenvalue weighted by Gasteiger charge is -2.20. The maximum absolute atomic E-state index is 12.8. The summed E-state index contributed by atoms with van der Waals surface area (Å²) in [6.45, 7) is 4.18. The number of benzene rings is 2. The Balaban J connectivity index is 1.52. The van der Waals surface area contributed by atoms with Crippen LogP contribution in [0.25, 0.3) is 10.9 Å². The summed E-state index contributed by atoms with van der Waals surface area (Å²) in [6.07, 6.45) is 0.704. The normalized spacial score (nSPS) is 12.3. The minimum Gasteiger partial charge on any atom is -0.342 e. The largest absolute Gasteiger partial charge is 0.342 e. The highest BCUT2D eigenvalue weighted by Gasteiger charge is 2.23. The molecule has 0 fully saturated rings. The molecule has 0 bridgehead atoms. The SMILES string of the molecule is CC(C)C[C@@H](NC(=O)c1ccc(Cl)cc1)c1nnc(SCc2nc3ccccc3c(=O)[nH]2)n1C. The minimum absolute atomic E-state index is 0.165. The number of aromatic amines is 1. The van der Waals surface area contributed by atoms with Crippen molar-refractivity contribution in [1.82, 2.24) is 30.0 Å². The van der Waals surface area contributed by atoms with Crippen LogP contribution in [0.1, 0.15) is 48.3 Å². The van der Waals surface area contributed by atoms with E-state index in [1.807, 2.05) is 29.8 Å². The summed E-state index contributed by atoms with van der Waals surface area (Å²) in [5.41, 5.74) is 1.02. The van der Waals surface area contributed by atoms with Gasteiger partial charge >= 0.3 is 0 Å². The molecule has 0 aliphatic rings. The van der Waals surface area contributed by atoms with Crippen LogP contribution in [0.3, 0.4) is 0 Å². The molecule has 8 nitrogen and oxygen atoms in total. The number of hydrogen-bond acceptors (Lipinski definition) is 6. The van der Waals surface area contributed by atoms with Crippen molar-refractivity contribution in [3.05, 3.63) is 81.1 Å². The predicted molar refractivity (Wildman–Crippen MR) is 134 cm³/mol. The number of amides is 1. The van der Waals surface area contributed by atoms with Gasteiger partial charge in [-0.3, -0.25) is 9.59 Å². The Morgan fingerprint density at radius 1 is 1.15 bits per heavy atom. The average molecular weight is 497 g/mol. The van der Waals surface area contributed by atoms with E-state index in [1.165, 1.54) is 11.8 Å². The van der Waals surface area contributed by atoms with Crippen LogP contribution in [0, 0.1) is 5.92 Å². The third kappa shape index (κ3) is 5.48. The van der Waals surface area contributed by atoms with Gasteiger partial charge in [0.25, 0.3) is 11.5 Å². The summed E-state index contributed by atoms with van der Waals surface area (Å²) in [4.78, 5) is 32.5. The van der Waals surface area contributed by atoms with E-state index in [-0.39, 0.29) is 17.5 Å². The van der Waals surface area contributed by atoms with Crippen LogP contribution in [0.2, 0.25) is 5.02 Å². The molecule has 0 spiro atoms. The van der Waals surface area contributed by atoms with Crippen molar-refractivity contribution in [1.29, 1.82) is 0 Å². The molecule has 0 aliphatic carbocycles. The molecule has 1 amide bonds. The van der Waals surface area contributed by atoms with E-state index in [1.54, 1.807) is 30.3 Å². The summed E-state index contributed by atoms with van der Waals surface area (Å²) in [5, 5.41) is 13.6. The summed E-state index contributed by atoms with van der Waals surface area (Å²) < 4.78 is 1.87. The van der Waals surface area contributed by atoms with Crippen molar-refractivity contribution in [2.24, 2.45) is 13.0 Å². The van der Waals surface area contributed by atoms with Gasteiger partial charge in [-0.25, -0.2) is 4.98 Å². The number of aromatic nitrogens is 5. The zero-order valence-corrected chi connectivity index (χ0v) is 20.7. The Bertz CT molecular complexity index is 1370. The number of fused-ring (bicyclic) bond motifs is 1. The Morgan fingerprint density at radius 2 is 1.88 bits per heavy atom. The molecular weight excluding hydrogens is 472 g/mol. The van der Waals surface area contributed by atoms with Crippen molar-refractivity contribution in [2.45, 2.75) is 37.2 Å². The van der Waals surface area contributed by atoms with Gasteiger partial charge in [0.2, 0.25) is 0 Å². The first-order valence-corrected chi connectivity index (χ1v) is 12.2. The topological polar surface area (TPSA) is 106 Å². The van der Waals surface area contributed by atoms with E-state index in [4.69, 9.17) is 11.6 Å². The van der Waals surface area contributed by atoms with Crippen molar-refractivity contribution in [2.75, 3.05) is 0 Å². The molecule has 1 atom stereocenters. The van der Waals surface area contributed by atoms with Gasteiger partial charge in [-0.15, -0.1) is 10.2 Å². The Hall–Kier alpha value is -3.17. The molecule has 0 saturated heterocycles. The molecule has 2 N–H and O–H groups in total. The lowest BCUT2D eigenvalue weighted by atomic mass is 10.0. The van der Waals surface area contributed by atoms with Crippen molar-refractivity contribution in [3.63, 3.8) is 0 Å². The fourth-order valence-electron chi connectivity index (χ4n) is 3.63. The molecule has 0 unspecified atom stereocenters. The van der Waals surface area contributed by atoms with Crippen molar-refractivity contribution in [3.8, 4) is 0 Å². The molecule has 0 saturated carbocycles. The monoisotopic (exact) mass is 496 g/mol. The molecule has 2 aromatic heterocycles. The van der Waals surface area contributed by atoms with Gasteiger partial charge in [-0.1, -0.05) is 49.3 Å². The maximum atomic E-state index is 12.8. The van der Waals surface area contributed by atoms with E-state index in [2.05, 4.69) is 39.3 Å². The van der Waals surface area contributed by atoms with E-state index in [0.29, 0.717) is 56.4 Å². The van der Waals surface area contributed by atoms with Gasteiger partial charge in [0, 0.05) is 17.6 Å². The zero-order valence-electron chi connectivity index (χ0n) is 19.1. The molecule has 4 rings (SSSR count). The zero-order chi connectivity index (χ0) is 24.2. The number of para-hydroxylation sites is 1.